The van der Waals surface area contributed by atoms with Gasteiger partial charge in [0.25, 0.3) is 16.8 Å². The van der Waals surface area contributed by atoms with Crippen LogP contribution in [0.5, 0.6) is 0 Å². The van der Waals surface area contributed by atoms with Crippen LogP contribution in [-0.2, 0) is 9.59 Å². The molecule has 0 aromatic rings. The Bertz CT molecular complexity index is 250. The second kappa shape index (κ2) is 4.41. The number of hydrogen-bond donors (Lipinski definition) is 1. The lowest BCUT2D eigenvalue weighted by molar-refractivity contribution is 0.565. The molecule has 0 aromatic heterocycles. The molecule has 0 aromatic carbocycles. The van der Waals surface area contributed by atoms with E-state index in [0.29, 0.717) is 0 Å². The number of nitrogens with one attached hydrogen (secondary N) is 1. The number of nitrogens with zero attached hydrogens (tertiary/aromatic N) is 2. The molecule has 0 aliphatic heterocycles. The van der Waals surface area contributed by atoms with Crippen molar-refractivity contribution in [1.29, 1.82) is 0 Å². The molecule has 72 valence electrons. The zero-order valence-electron chi connectivity index (χ0n) is 8.21. The van der Waals surface area contributed by atoms with Crippen LogP contribution in [0.4, 0.5) is 0 Å². The first-order valence-corrected chi connectivity index (χ1v) is 9.70. The summed E-state index contributed by atoms with van der Waals surface area (Å²) in [6.45, 7) is 7.42. The minimum atomic E-state index is -2.14. The van der Waals surface area contributed by atoms with Gasteiger partial charge in [0.1, 0.15) is 0 Å². The van der Waals surface area contributed by atoms with E-state index < -0.39 is 16.8 Å². The first-order valence-electron chi connectivity index (χ1n) is 3.80. The monoisotopic (exact) mass is 215 g/mol. The summed E-state index contributed by atoms with van der Waals surface area (Å²) in [6, 6.07) is 0. The zero-order chi connectivity index (χ0) is 10.5. The number of hydrogen-bond acceptors (Lipinski definition) is 5. The van der Waals surface area contributed by atoms with Gasteiger partial charge in [0.05, 0.1) is 0 Å². The molecular formula is C6H13N3O2Si2. The predicted octanol–water partition coefficient (Wildman–Crippen LogP) is 0.651. The largest absolute Gasteiger partial charge is 0.323 e. The molecule has 0 unspecified atom stereocenters. The quantitative estimate of drug-likeness (QED) is 0.425. The first-order chi connectivity index (χ1) is 5.83. The summed E-state index contributed by atoms with van der Waals surface area (Å²) >= 11 is 0. The molecule has 0 aliphatic rings. The highest BCUT2D eigenvalue weighted by Crippen LogP contribution is 2.06. The number of isocyanates is 2. The molecular weight excluding hydrogens is 202 g/mol. The van der Waals surface area contributed by atoms with Gasteiger partial charge in [-0.2, -0.15) is 0 Å². The van der Waals surface area contributed by atoms with E-state index in [4.69, 9.17) is 0 Å². The third kappa shape index (κ3) is 5.40. The molecule has 5 nitrogen and oxygen atoms in total. The van der Waals surface area contributed by atoms with Crippen molar-refractivity contribution in [2.24, 2.45) is 9.32 Å². The molecule has 0 bridgehead atoms. The third-order valence-corrected chi connectivity index (χ3v) is 7.46. The van der Waals surface area contributed by atoms with Crippen molar-refractivity contribution in [1.82, 2.24) is 4.65 Å². The third-order valence-electron chi connectivity index (χ3n) is 1.26. The van der Waals surface area contributed by atoms with Gasteiger partial charge in [-0.1, -0.05) is 0 Å². The average molecular weight is 215 g/mol. The fourth-order valence-electron chi connectivity index (χ4n) is 1.03. The second-order valence-corrected chi connectivity index (χ2v) is 11.3. The van der Waals surface area contributed by atoms with Crippen LogP contribution in [0.15, 0.2) is 9.32 Å². The molecule has 7 heteroatoms. The van der Waals surface area contributed by atoms with E-state index in [0.717, 1.165) is 0 Å². The molecule has 0 saturated heterocycles. The lowest BCUT2D eigenvalue weighted by atomic mass is 11.7. The normalized spacial score (nSPS) is 11.4. The van der Waals surface area contributed by atoms with Crippen molar-refractivity contribution >= 4 is 29.0 Å². The van der Waals surface area contributed by atoms with Crippen LogP contribution in [-0.4, -0.2) is 29.0 Å². The van der Waals surface area contributed by atoms with Crippen molar-refractivity contribution in [3.05, 3.63) is 0 Å². The van der Waals surface area contributed by atoms with E-state index in [1.165, 1.54) is 12.2 Å². The SMILES string of the molecule is C[Si](C)(N=C=O)N[Si](C)(C)N=C=O. The lowest BCUT2D eigenvalue weighted by Gasteiger charge is -2.24. The fraction of sp³-hybridized carbons (Fsp3) is 0.667. The lowest BCUT2D eigenvalue weighted by Crippen LogP contribution is -2.57. The van der Waals surface area contributed by atoms with Gasteiger partial charge < -0.3 is 4.65 Å². The van der Waals surface area contributed by atoms with Gasteiger partial charge in [-0.3, -0.25) is 0 Å². The van der Waals surface area contributed by atoms with Gasteiger partial charge in [-0.15, -0.1) is 0 Å². The van der Waals surface area contributed by atoms with Crippen LogP contribution in [0.3, 0.4) is 0 Å². The van der Waals surface area contributed by atoms with E-state index in [9.17, 15) is 9.59 Å². The summed E-state index contributed by atoms with van der Waals surface area (Å²) in [6.07, 6.45) is 3.06. The van der Waals surface area contributed by atoms with Crippen molar-refractivity contribution < 1.29 is 9.59 Å². The summed E-state index contributed by atoms with van der Waals surface area (Å²) in [7, 11) is -4.27. The van der Waals surface area contributed by atoms with E-state index in [1.807, 2.05) is 26.2 Å². The van der Waals surface area contributed by atoms with E-state index in [1.54, 1.807) is 0 Å². The highest BCUT2D eigenvalue weighted by Gasteiger charge is 2.32. The molecule has 0 amide bonds. The molecule has 1 N–H and O–H groups in total. The molecule has 0 fully saturated rings. The van der Waals surface area contributed by atoms with Crippen LogP contribution in [0.1, 0.15) is 0 Å². The van der Waals surface area contributed by atoms with E-state index >= 15 is 0 Å². The van der Waals surface area contributed by atoms with Gasteiger partial charge >= 0.3 is 0 Å². The van der Waals surface area contributed by atoms with Crippen molar-refractivity contribution in [2.45, 2.75) is 26.2 Å². The maximum atomic E-state index is 10.1. The summed E-state index contributed by atoms with van der Waals surface area (Å²) in [5.41, 5.74) is 0. The van der Waals surface area contributed by atoms with Crippen molar-refractivity contribution in [3.8, 4) is 0 Å². The molecule has 0 aliphatic carbocycles. The van der Waals surface area contributed by atoms with Gasteiger partial charge in [0.2, 0.25) is 12.2 Å². The van der Waals surface area contributed by atoms with Crippen LogP contribution < -0.4 is 4.65 Å². The fourth-order valence-corrected chi connectivity index (χ4v) is 7.93. The maximum Gasteiger partial charge on any atom is 0.257 e. The minimum Gasteiger partial charge on any atom is -0.323 e. The molecule has 13 heavy (non-hydrogen) atoms. The average Bonchev–Trinajstić information content (AvgIpc) is 1.82. The van der Waals surface area contributed by atoms with Gasteiger partial charge in [0, 0.05) is 0 Å². The molecule has 0 heterocycles. The summed E-state index contributed by atoms with van der Waals surface area (Å²) in [4.78, 5) is 20.1. The zero-order valence-corrected chi connectivity index (χ0v) is 10.2. The standard InChI is InChI=1S/C6H13N3O2Si2/c1-12(2,7-5-10)9-13(3,4)8-6-11/h9H,1-4H3. The van der Waals surface area contributed by atoms with Crippen LogP contribution in [0.25, 0.3) is 0 Å². The first kappa shape index (κ1) is 12.2. The maximum absolute atomic E-state index is 10.1. The Balaban J connectivity index is 4.59. The minimum absolute atomic E-state index is 1.53. The van der Waals surface area contributed by atoms with Gasteiger partial charge in [0.15, 0.2) is 0 Å². The van der Waals surface area contributed by atoms with E-state index in [2.05, 4.69) is 14.0 Å². The summed E-state index contributed by atoms with van der Waals surface area (Å²) in [5, 5.41) is 0. The Morgan fingerprint density at radius 1 is 0.923 bits per heavy atom. The number of rotatable bonds is 4. The Morgan fingerprint density at radius 2 is 1.23 bits per heavy atom. The Labute approximate surface area is 79.3 Å². The molecule has 0 spiro atoms. The highest BCUT2D eigenvalue weighted by atomic mass is 28.4. The molecule has 0 saturated carbocycles. The highest BCUT2D eigenvalue weighted by molar-refractivity contribution is 6.90. The topological polar surface area (TPSA) is 70.9 Å². The smallest absolute Gasteiger partial charge is 0.257 e. The molecule has 0 atom stereocenters. The number of carbonyl (C=O) groups excluding carboxylic acids is 2. The van der Waals surface area contributed by atoms with Crippen LogP contribution >= 0.6 is 0 Å². The van der Waals surface area contributed by atoms with Crippen molar-refractivity contribution in [2.75, 3.05) is 0 Å². The Kier molecular flexibility index (Phi) is 4.12. The van der Waals surface area contributed by atoms with Gasteiger partial charge in [-0.25, -0.2) is 18.9 Å². The summed E-state index contributed by atoms with van der Waals surface area (Å²) in [5.74, 6) is 0. The second-order valence-electron chi connectivity index (χ2n) is 3.65. The Hall–Kier alpha value is -0.846. The predicted molar refractivity (Wildman–Crippen MR) is 54.3 cm³/mol. The van der Waals surface area contributed by atoms with E-state index in [-0.39, 0.29) is 0 Å². The van der Waals surface area contributed by atoms with Crippen molar-refractivity contribution in [3.63, 3.8) is 0 Å². The molecule has 0 radical (unpaired) electrons. The van der Waals surface area contributed by atoms with Crippen LogP contribution in [0.2, 0.25) is 26.2 Å². The Morgan fingerprint density at radius 3 is 1.46 bits per heavy atom. The molecule has 0 rings (SSSR count). The van der Waals surface area contributed by atoms with Gasteiger partial charge in [-0.05, 0) is 26.2 Å². The summed E-state index contributed by atoms with van der Waals surface area (Å²) < 4.78 is 10.5. The van der Waals surface area contributed by atoms with Crippen LogP contribution in [0, 0.1) is 0 Å².